The Balaban J connectivity index is 1.81. The second-order valence-electron chi connectivity index (χ2n) is 6.09. The molecule has 0 atom stereocenters. The highest BCUT2D eigenvalue weighted by molar-refractivity contribution is 5.82. The van der Waals surface area contributed by atoms with Crippen LogP contribution in [0.3, 0.4) is 0 Å². The summed E-state index contributed by atoms with van der Waals surface area (Å²) in [5.41, 5.74) is 4.23. The molecule has 0 aliphatic rings. The third kappa shape index (κ3) is 3.55. The Labute approximate surface area is 137 Å². The van der Waals surface area contributed by atoms with Gasteiger partial charge in [-0.15, -0.1) is 0 Å². The van der Waals surface area contributed by atoms with Crippen LogP contribution in [0.5, 0.6) is 0 Å². The van der Waals surface area contributed by atoms with Crippen molar-refractivity contribution < 1.29 is 0 Å². The maximum Gasteiger partial charge on any atom is 0.326 e. The lowest BCUT2D eigenvalue weighted by Gasteiger charge is -2.05. The number of fused-ring (bicyclic) bond motifs is 1. The molecule has 0 saturated carbocycles. The molecule has 2 aromatic carbocycles. The van der Waals surface area contributed by atoms with Gasteiger partial charge in [-0.1, -0.05) is 69.0 Å². The molecule has 0 unspecified atom stereocenters. The molecule has 3 heteroatoms. The zero-order chi connectivity index (χ0) is 16.1. The van der Waals surface area contributed by atoms with Crippen LogP contribution in [0, 0.1) is 0 Å². The van der Waals surface area contributed by atoms with E-state index in [-0.39, 0.29) is 5.69 Å². The van der Waals surface area contributed by atoms with Crippen molar-refractivity contribution in [3.8, 4) is 11.1 Å². The zero-order valence-electron chi connectivity index (χ0n) is 13.7. The molecule has 0 radical (unpaired) electrons. The summed E-state index contributed by atoms with van der Waals surface area (Å²) in [6, 6.07) is 16.5. The van der Waals surface area contributed by atoms with Gasteiger partial charge in [0, 0.05) is 6.54 Å². The van der Waals surface area contributed by atoms with Crippen LogP contribution in [-0.2, 0) is 6.54 Å². The lowest BCUT2D eigenvalue weighted by Crippen LogP contribution is -2.16. The van der Waals surface area contributed by atoms with Gasteiger partial charge in [-0.25, -0.2) is 4.79 Å². The SMILES string of the molecule is CCCCCCCn1c(=O)[nH]c2cc(-c3ccccc3)ccc21. The zero-order valence-corrected chi connectivity index (χ0v) is 13.7. The molecule has 1 heterocycles. The van der Waals surface area contributed by atoms with Gasteiger partial charge in [-0.3, -0.25) is 4.57 Å². The van der Waals surface area contributed by atoms with Crippen molar-refractivity contribution in [3.05, 3.63) is 59.0 Å². The molecule has 1 N–H and O–H groups in total. The van der Waals surface area contributed by atoms with E-state index < -0.39 is 0 Å². The Hall–Kier alpha value is -2.29. The van der Waals surface area contributed by atoms with Gasteiger partial charge in [-0.2, -0.15) is 0 Å². The van der Waals surface area contributed by atoms with E-state index in [4.69, 9.17) is 0 Å². The van der Waals surface area contributed by atoms with Crippen molar-refractivity contribution in [2.45, 2.75) is 45.6 Å². The number of unbranched alkanes of at least 4 members (excludes halogenated alkanes) is 4. The number of nitrogens with zero attached hydrogens (tertiary/aromatic N) is 1. The van der Waals surface area contributed by atoms with Gasteiger partial charge in [0.05, 0.1) is 11.0 Å². The fraction of sp³-hybridized carbons (Fsp3) is 0.350. The summed E-state index contributed by atoms with van der Waals surface area (Å²) >= 11 is 0. The van der Waals surface area contributed by atoms with Crippen molar-refractivity contribution in [1.82, 2.24) is 9.55 Å². The van der Waals surface area contributed by atoms with Crippen LogP contribution in [-0.4, -0.2) is 9.55 Å². The molecular formula is C20H24N2O. The Bertz CT molecular complexity index is 815. The van der Waals surface area contributed by atoms with Gasteiger partial charge >= 0.3 is 5.69 Å². The third-order valence-electron chi connectivity index (χ3n) is 4.37. The predicted molar refractivity (Wildman–Crippen MR) is 96.8 cm³/mol. The van der Waals surface area contributed by atoms with Gasteiger partial charge in [0.15, 0.2) is 0 Å². The first-order chi connectivity index (χ1) is 11.3. The van der Waals surface area contributed by atoms with E-state index in [1.807, 2.05) is 22.8 Å². The summed E-state index contributed by atoms with van der Waals surface area (Å²) in [5, 5.41) is 0. The molecule has 3 aromatic rings. The van der Waals surface area contributed by atoms with Crippen LogP contribution < -0.4 is 5.69 Å². The van der Waals surface area contributed by atoms with E-state index in [9.17, 15) is 4.79 Å². The average molecular weight is 308 g/mol. The first kappa shape index (κ1) is 15.6. The van der Waals surface area contributed by atoms with Crippen molar-refractivity contribution in [1.29, 1.82) is 0 Å². The number of rotatable bonds is 7. The second-order valence-corrected chi connectivity index (χ2v) is 6.09. The number of hydrogen-bond acceptors (Lipinski definition) is 1. The van der Waals surface area contributed by atoms with E-state index >= 15 is 0 Å². The molecule has 0 bridgehead atoms. The van der Waals surface area contributed by atoms with Crippen molar-refractivity contribution in [2.24, 2.45) is 0 Å². The molecule has 23 heavy (non-hydrogen) atoms. The smallest absolute Gasteiger partial charge is 0.306 e. The minimum Gasteiger partial charge on any atom is -0.306 e. The quantitative estimate of drug-likeness (QED) is 0.615. The van der Waals surface area contributed by atoms with Gasteiger partial charge in [0.25, 0.3) is 0 Å². The molecule has 0 amide bonds. The number of aromatic amines is 1. The van der Waals surface area contributed by atoms with Crippen LogP contribution in [0.25, 0.3) is 22.2 Å². The summed E-state index contributed by atoms with van der Waals surface area (Å²) in [6.45, 7) is 3.02. The Morgan fingerprint density at radius 1 is 0.913 bits per heavy atom. The van der Waals surface area contributed by atoms with Crippen LogP contribution in [0.2, 0.25) is 0 Å². The number of nitrogens with one attached hydrogen (secondary N) is 1. The highest BCUT2D eigenvalue weighted by Crippen LogP contribution is 2.23. The Kier molecular flexibility index (Phi) is 4.96. The van der Waals surface area contributed by atoms with Gasteiger partial charge in [0.1, 0.15) is 0 Å². The van der Waals surface area contributed by atoms with Crippen LogP contribution >= 0.6 is 0 Å². The molecule has 0 fully saturated rings. The van der Waals surface area contributed by atoms with E-state index in [1.165, 1.54) is 31.2 Å². The average Bonchev–Trinajstić information content (AvgIpc) is 2.90. The monoisotopic (exact) mass is 308 g/mol. The minimum atomic E-state index is 0.000651. The molecule has 0 aliphatic carbocycles. The summed E-state index contributed by atoms with van der Waals surface area (Å²) in [6.07, 6.45) is 6.03. The molecule has 120 valence electrons. The van der Waals surface area contributed by atoms with Crippen LogP contribution in [0.15, 0.2) is 53.3 Å². The Morgan fingerprint density at radius 2 is 1.70 bits per heavy atom. The van der Waals surface area contributed by atoms with Gasteiger partial charge in [0.2, 0.25) is 0 Å². The first-order valence-corrected chi connectivity index (χ1v) is 8.57. The lowest BCUT2D eigenvalue weighted by molar-refractivity contribution is 0.567. The van der Waals surface area contributed by atoms with Crippen molar-refractivity contribution in [3.63, 3.8) is 0 Å². The second kappa shape index (κ2) is 7.32. The topological polar surface area (TPSA) is 37.8 Å². The number of aromatic nitrogens is 2. The summed E-state index contributed by atoms with van der Waals surface area (Å²) in [7, 11) is 0. The number of benzene rings is 2. The summed E-state index contributed by atoms with van der Waals surface area (Å²) in [4.78, 5) is 15.2. The molecule has 0 spiro atoms. The highest BCUT2D eigenvalue weighted by atomic mass is 16.1. The van der Waals surface area contributed by atoms with Gasteiger partial charge < -0.3 is 4.98 Å². The molecule has 0 aliphatic heterocycles. The Morgan fingerprint density at radius 3 is 2.48 bits per heavy atom. The standard InChI is InChI=1S/C20H24N2O/c1-2-3-4-5-9-14-22-19-13-12-17(15-18(19)21-20(22)23)16-10-7-6-8-11-16/h6-8,10-13,15H,2-5,9,14H2,1H3,(H,21,23). The number of hydrogen-bond donors (Lipinski definition) is 1. The van der Waals surface area contributed by atoms with E-state index in [2.05, 4.69) is 42.2 Å². The number of imidazole rings is 1. The third-order valence-corrected chi connectivity index (χ3v) is 4.37. The maximum absolute atomic E-state index is 12.2. The first-order valence-electron chi connectivity index (χ1n) is 8.57. The number of aryl methyl sites for hydroxylation is 1. The van der Waals surface area contributed by atoms with Crippen molar-refractivity contribution >= 4 is 11.0 Å². The van der Waals surface area contributed by atoms with Gasteiger partial charge in [-0.05, 0) is 29.7 Å². The fourth-order valence-corrected chi connectivity index (χ4v) is 3.07. The van der Waals surface area contributed by atoms with E-state index in [1.54, 1.807) is 0 Å². The normalized spacial score (nSPS) is 11.2. The highest BCUT2D eigenvalue weighted by Gasteiger charge is 2.07. The number of H-pyrrole nitrogens is 1. The molecular weight excluding hydrogens is 284 g/mol. The van der Waals surface area contributed by atoms with Crippen LogP contribution in [0.4, 0.5) is 0 Å². The van der Waals surface area contributed by atoms with Crippen molar-refractivity contribution in [2.75, 3.05) is 0 Å². The maximum atomic E-state index is 12.2. The van der Waals surface area contributed by atoms with E-state index in [0.29, 0.717) is 0 Å². The largest absolute Gasteiger partial charge is 0.326 e. The minimum absolute atomic E-state index is 0.000651. The molecule has 3 rings (SSSR count). The van der Waals surface area contributed by atoms with Crippen LogP contribution in [0.1, 0.15) is 39.0 Å². The summed E-state index contributed by atoms with van der Waals surface area (Å²) in [5.74, 6) is 0. The molecule has 1 aromatic heterocycles. The molecule has 0 saturated heterocycles. The predicted octanol–water partition coefficient (Wildman–Crippen LogP) is 4.97. The summed E-state index contributed by atoms with van der Waals surface area (Å²) < 4.78 is 1.87. The van der Waals surface area contributed by atoms with E-state index in [0.717, 1.165) is 29.6 Å². The fourth-order valence-electron chi connectivity index (χ4n) is 3.07. The molecule has 3 nitrogen and oxygen atoms in total. The lowest BCUT2D eigenvalue weighted by atomic mass is 10.1.